The molecule has 0 bridgehead atoms. The van der Waals surface area contributed by atoms with E-state index in [9.17, 15) is 8.42 Å². The maximum absolute atomic E-state index is 12.7. The molecular weight excluding hydrogens is 264 g/mol. The third-order valence-electron chi connectivity index (χ3n) is 4.17. The fourth-order valence-corrected chi connectivity index (χ4v) is 4.88. The van der Waals surface area contributed by atoms with Crippen molar-refractivity contribution in [1.82, 2.24) is 8.61 Å². The molecule has 2 unspecified atom stereocenters. The first kappa shape index (κ1) is 15.2. The van der Waals surface area contributed by atoms with Crippen molar-refractivity contribution in [1.29, 1.82) is 0 Å². The second kappa shape index (κ2) is 6.08. The molecule has 0 radical (unpaired) electrons. The predicted octanol–water partition coefficient (Wildman–Crippen LogP) is 1.60. The van der Waals surface area contributed by atoms with Gasteiger partial charge in [-0.15, -0.1) is 0 Å². The second-order valence-electron chi connectivity index (χ2n) is 5.89. The largest absolute Gasteiger partial charge is 0.373 e. The van der Waals surface area contributed by atoms with Crippen molar-refractivity contribution in [3.63, 3.8) is 0 Å². The average Bonchev–Trinajstić information content (AvgIpc) is 2.37. The lowest BCUT2D eigenvalue weighted by atomic mass is 9.96. The van der Waals surface area contributed by atoms with Crippen molar-refractivity contribution in [3.8, 4) is 0 Å². The van der Waals surface area contributed by atoms with Gasteiger partial charge >= 0.3 is 0 Å². The maximum atomic E-state index is 12.7. The lowest BCUT2D eigenvalue weighted by Gasteiger charge is -2.39. The van der Waals surface area contributed by atoms with E-state index in [1.807, 2.05) is 13.8 Å². The zero-order valence-electron chi connectivity index (χ0n) is 12.2. The Morgan fingerprint density at radius 2 is 1.58 bits per heavy atom. The van der Waals surface area contributed by atoms with Gasteiger partial charge in [0.2, 0.25) is 0 Å². The number of morpholine rings is 1. The summed E-state index contributed by atoms with van der Waals surface area (Å²) in [4.78, 5) is 0. The Morgan fingerprint density at radius 3 is 2.11 bits per heavy atom. The second-order valence-corrected chi connectivity index (χ2v) is 7.88. The van der Waals surface area contributed by atoms with Crippen molar-refractivity contribution < 1.29 is 13.2 Å². The smallest absolute Gasteiger partial charge is 0.282 e. The van der Waals surface area contributed by atoms with Gasteiger partial charge in [0.05, 0.1) is 12.2 Å². The Kier molecular flexibility index (Phi) is 4.87. The van der Waals surface area contributed by atoms with E-state index in [1.54, 1.807) is 15.7 Å². The van der Waals surface area contributed by atoms with Gasteiger partial charge in [0.1, 0.15) is 0 Å². The highest BCUT2D eigenvalue weighted by Gasteiger charge is 2.36. The summed E-state index contributed by atoms with van der Waals surface area (Å²) in [6.07, 6.45) is 5.43. The van der Waals surface area contributed by atoms with Gasteiger partial charge in [-0.05, 0) is 26.7 Å². The lowest BCUT2D eigenvalue weighted by Crippen LogP contribution is -2.54. The number of ether oxygens (including phenoxy) is 1. The Labute approximate surface area is 117 Å². The number of nitrogens with zero attached hydrogens (tertiary/aromatic N) is 2. The van der Waals surface area contributed by atoms with Crippen molar-refractivity contribution in [2.75, 3.05) is 20.1 Å². The molecule has 2 rings (SSSR count). The molecule has 2 fully saturated rings. The van der Waals surface area contributed by atoms with E-state index in [-0.39, 0.29) is 18.2 Å². The van der Waals surface area contributed by atoms with Gasteiger partial charge in [-0.2, -0.15) is 17.0 Å². The van der Waals surface area contributed by atoms with Crippen LogP contribution in [0.2, 0.25) is 0 Å². The molecule has 1 saturated heterocycles. The van der Waals surface area contributed by atoms with Gasteiger partial charge in [-0.25, -0.2) is 0 Å². The van der Waals surface area contributed by atoms with E-state index in [0.29, 0.717) is 13.1 Å². The van der Waals surface area contributed by atoms with Crippen LogP contribution in [-0.2, 0) is 14.9 Å². The van der Waals surface area contributed by atoms with Crippen LogP contribution in [0.4, 0.5) is 0 Å². The van der Waals surface area contributed by atoms with Crippen LogP contribution in [0.1, 0.15) is 46.0 Å². The fourth-order valence-electron chi connectivity index (χ4n) is 3.13. The Morgan fingerprint density at radius 1 is 1.05 bits per heavy atom. The summed E-state index contributed by atoms with van der Waals surface area (Å²) in [5.41, 5.74) is 0. The van der Waals surface area contributed by atoms with E-state index >= 15 is 0 Å². The molecule has 0 amide bonds. The first-order valence-corrected chi connectivity index (χ1v) is 8.69. The molecule has 0 aromatic heterocycles. The molecule has 0 aromatic carbocycles. The van der Waals surface area contributed by atoms with Crippen LogP contribution < -0.4 is 0 Å². The highest BCUT2D eigenvalue weighted by molar-refractivity contribution is 7.86. The molecule has 6 heteroatoms. The van der Waals surface area contributed by atoms with Crippen LogP contribution in [0.5, 0.6) is 0 Å². The minimum absolute atomic E-state index is 0.0294. The molecule has 0 spiro atoms. The normalized spacial score (nSPS) is 31.8. The molecule has 0 aromatic rings. The van der Waals surface area contributed by atoms with Crippen LogP contribution in [0, 0.1) is 0 Å². The quantitative estimate of drug-likeness (QED) is 0.793. The molecular formula is C13H26N2O3S. The molecule has 112 valence electrons. The minimum atomic E-state index is -3.34. The number of hydrogen-bond acceptors (Lipinski definition) is 3. The highest BCUT2D eigenvalue weighted by atomic mass is 32.2. The van der Waals surface area contributed by atoms with Gasteiger partial charge in [0.25, 0.3) is 10.2 Å². The molecule has 2 aliphatic rings. The standard InChI is InChI=1S/C13H26N2O3S/c1-11-9-15(10-12(2)18-11)19(16,17)14(3)13-7-5-4-6-8-13/h11-13H,4-10H2,1-3H3. The van der Waals surface area contributed by atoms with Crippen LogP contribution in [-0.4, -0.2) is 55.4 Å². The molecule has 19 heavy (non-hydrogen) atoms. The number of rotatable bonds is 3. The van der Waals surface area contributed by atoms with Gasteiger partial charge in [-0.1, -0.05) is 19.3 Å². The molecule has 1 aliphatic carbocycles. The van der Waals surface area contributed by atoms with Gasteiger partial charge < -0.3 is 4.74 Å². The predicted molar refractivity (Wildman–Crippen MR) is 75.1 cm³/mol. The van der Waals surface area contributed by atoms with E-state index < -0.39 is 10.2 Å². The summed E-state index contributed by atoms with van der Waals surface area (Å²) < 4.78 is 34.1. The van der Waals surface area contributed by atoms with E-state index in [2.05, 4.69) is 0 Å². The van der Waals surface area contributed by atoms with Gasteiger partial charge in [0.15, 0.2) is 0 Å². The van der Waals surface area contributed by atoms with Gasteiger partial charge in [-0.3, -0.25) is 0 Å². The zero-order chi connectivity index (χ0) is 14.0. The lowest BCUT2D eigenvalue weighted by molar-refractivity contribution is -0.0456. The summed E-state index contributed by atoms with van der Waals surface area (Å²) in [7, 11) is -1.61. The summed E-state index contributed by atoms with van der Waals surface area (Å²) in [6, 6.07) is 0.173. The van der Waals surface area contributed by atoms with Crippen LogP contribution in [0.3, 0.4) is 0 Å². The summed E-state index contributed by atoms with van der Waals surface area (Å²) in [6.45, 7) is 4.78. The van der Waals surface area contributed by atoms with Crippen LogP contribution in [0.15, 0.2) is 0 Å². The monoisotopic (exact) mass is 290 g/mol. The zero-order valence-corrected chi connectivity index (χ0v) is 13.0. The maximum Gasteiger partial charge on any atom is 0.282 e. The minimum Gasteiger partial charge on any atom is -0.373 e. The first-order valence-electron chi connectivity index (χ1n) is 7.30. The summed E-state index contributed by atoms with van der Waals surface area (Å²) >= 11 is 0. The third kappa shape index (κ3) is 3.48. The SMILES string of the molecule is CC1CN(S(=O)(=O)N(C)C2CCCCC2)CC(C)O1. The van der Waals surface area contributed by atoms with Crippen molar-refractivity contribution in [3.05, 3.63) is 0 Å². The molecule has 1 aliphatic heterocycles. The molecule has 0 N–H and O–H groups in total. The van der Waals surface area contributed by atoms with E-state index in [1.165, 1.54) is 6.42 Å². The molecule has 5 nitrogen and oxygen atoms in total. The molecule has 1 saturated carbocycles. The van der Waals surface area contributed by atoms with Crippen molar-refractivity contribution in [2.24, 2.45) is 0 Å². The molecule has 2 atom stereocenters. The highest BCUT2D eigenvalue weighted by Crippen LogP contribution is 2.26. The Hall–Kier alpha value is -0.170. The van der Waals surface area contributed by atoms with E-state index in [4.69, 9.17) is 4.74 Å². The number of hydrogen-bond donors (Lipinski definition) is 0. The molecule has 1 heterocycles. The van der Waals surface area contributed by atoms with Crippen LogP contribution >= 0.6 is 0 Å². The first-order chi connectivity index (χ1) is 8.91. The topological polar surface area (TPSA) is 49.9 Å². The Bertz CT molecular complexity index is 383. The fraction of sp³-hybridized carbons (Fsp3) is 1.00. The third-order valence-corrected chi connectivity index (χ3v) is 6.14. The van der Waals surface area contributed by atoms with Gasteiger partial charge in [0, 0.05) is 26.2 Å². The van der Waals surface area contributed by atoms with E-state index in [0.717, 1.165) is 25.7 Å². The summed E-state index contributed by atoms with van der Waals surface area (Å²) in [5, 5.41) is 0. The summed E-state index contributed by atoms with van der Waals surface area (Å²) in [5.74, 6) is 0. The van der Waals surface area contributed by atoms with Crippen LogP contribution in [0.25, 0.3) is 0 Å². The van der Waals surface area contributed by atoms with Crippen molar-refractivity contribution >= 4 is 10.2 Å². The van der Waals surface area contributed by atoms with Crippen molar-refractivity contribution in [2.45, 2.75) is 64.2 Å². The average molecular weight is 290 g/mol. The Balaban J connectivity index is 2.07.